The topological polar surface area (TPSA) is 76.0 Å². The van der Waals surface area contributed by atoms with Crippen LogP contribution >= 0.6 is 7.82 Å². The summed E-state index contributed by atoms with van der Waals surface area (Å²) in [4.78, 5) is 17.0. The van der Waals surface area contributed by atoms with E-state index in [-0.39, 0.29) is 13.2 Å². The largest absolute Gasteiger partial charge is 0.469 e. The van der Waals surface area contributed by atoms with Gasteiger partial charge in [0.2, 0.25) is 0 Å². The van der Waals surface area contributed by atoms with Gasteiger partial charge < -0.3 is 14.5 Å². The van der Waals surface area contributed by atoms with Gasteiger partial charge in [0.25, 0.3) is 0 Å². The van der Waals surface area contributed by atoms with Crippen molar-refractivity contribution in [2.24, 2.45) is 0 Å². The van der Waals surface area contributed by atoms with Crippen LogP contribution in [-0.4, -0.2) is 29.6 Å². The number of phosphoric ester groups is 1. The Hall–Kier alpha value is 0.0700. The highest BCUT2D eigenvalue weighted by molar-refractivity contribution is 7.46. The SMILES string of the molecule is CCCCCCCCCCCCCCCCCCCOCCOP(=O)(O)O. The van der Waals surface area contributed by atoms with Crippen molar-refractivity contribution in [2.45, 2.75) is 116 Å². The van der Waals surface area contributed by atoms with Crippen LogP contribution in [0, 0.1) is 0 Å². The maximum absolute atomic E-state index is 10.4. The molecule has 0 saturated carbocycles. The lowest BCUT2D eigenvalue weighted by Gasteiger charge is -2.06. The summed E-state index contributed by atoms with van der Waals surface area (Å²) in [5.74, 6) is 0. The lowest BCUT2D eigenvalue weighted by molar-refractivity contribution is 0.0831. The van der Waals surface area contributed by atoms with Crippen LogP contribution in [-0.2, 0) is 13.8 Å². The van der Waals surface area contributed by atoms with Crippen molar-refractivity contribution in [2.75, 3.05) is 19.8 Å². The van der Waals surface area contributed by atoms with Gasteiger partial charge in [-0.15, -0.1) is 0 Å². The van der Waals surface area contributed by atoms with Gasteiger partial charge in [0.05, 0.1) is 13.2 Å². The van der Waals surface area contributed by atoms with Gasteiger partial charge in [-0.25, -0.2) is 4.57 Å². The molecule has 164 valence electrons. The predicted octanol–water partition coefficient (Wildman–Crippen LogP) is 6.76. The third-order valence-corrected chi connectivity index (χ3v) is 5.40. The van der Waals surface area contributed by atoms with Crippen LogP contribution in [0.2, 0.25) is 0 Å². The second-order valence-electron chi connectivity index (χ2n) is 7.59. The molecular formula is C21H45O5P. The van der Waals surface area contributed by atoms with Gasteiger partial charge in [-0.05, 0) is 6.42 Å². The van der Waals surface area contributed by atoms with E-state index < -0.39 is 7.82 Å². The Morgan fingerprint density at radius 2 is 0.926 bits per heavy atom. The Labute approximate surface area is 167 Å². The minimum Gasteiger partial charge on any atom is -0.379 e. The number of unbranched alkanes of at least 4 members (excludes halogenated alkanes) is 16. The van der Waals surface area contributed by atoms with Crippen LogP contribution in [0.3, 0.4) is 0 Å². The Morgan fingerprint density at radius 3 is 1.30 bits per heavy atom. The Bertz CT molecular complexity index is 333. The summed E-state index contributed by atoms with van der Waals surface area (Å²) in [6.45, 7) is 3.10. The molecule has 0 aliphatic carbocycles. The summed E-state index contributed by atoms with van der Waals surface area (Å²) in [5.41, 5.74) is 0. The molecule has 0 rings (SSSR count). The normalized spacial score (nSPS) is 12.0. The zero-order valence-electron chi connectivity index (χ0n) is 17.7. The number of ether oxygens (including phenoxy) is 1. The first-order valence-electron chi connectivity index (χ1n) is 11.3. The molecule has 0 amide bonds. The first-order chi connectivity index (χ1) is 13.1. The minimum absolute atomic E-state index is 0.0523. The van der Waals surface area contributed by atoms with Crippen molar-refractivity contribution in [3.63, 3.8) is 0 Å². The van der Waals surface area contributed by atoms with Crippen molar-refractivity contribution >= 4 is 7.82 Å². The molecule has 0 aliphatic heterocycles. The van der Waals surface area contributed by atoms with Crippen LogP contribution in [0.4, 0.5) is 0 Å². The lowest BCUT2D eigenvalue weighted by atomic mass is 10.0. The third kappa shape index (κ3) is 26.1. The maximum Gasteiger partial charge on any atom is 0.469 e. The minimum atomic E-state index is -4.34. The van der Waals surface area contributed by atoms with E-state index in [2.05, 4.69) is 11.4 Å². The van der Waals surface area contributed by atoms with Gasteiger partial charge in [0.15, 0.2) is 0 Å². The molecule has 0 aliphatic rings. The maximum atomic E-state index is 10.4. The molecule has 0 aromatic carbocycles. The summed E-state index contributed by atoms with van der Waals surface area (Å²) in [6, 6.07) is 0. The summed E-state index contributed by atoms with van der Waals surface area (Å²) >= 11 is 0. The van der Waals surface area contributed by atoms with Crippen molar-refractivity contribution < 1.29 is 23.6 Å². The van der Waals surface area contributed by atoms with Gasteiger partial charge in [0.1, 0.15) is 0 Å². The molecule has 0 aromatic heterocycles. The molecule has 2 N–H and O–H groups in total. The summed E-state index contributed by atoms with van der Waals surface area (Å²) in [6.07, 6.45) is 23.0. The third-order valence-electron chi connectivity index (χ3n) is 4.88. The van der Waals surface area contributed by atoms with E-state index in [4.69, 9.17) is 14.5 Å². The molecule has 0 saturated heterocycles. The number of hydrogen-bond donors (Lipinski definition) is 2. The van der Waals surface area contributed by atoms with Crippen molar-refractivity contribution in [1.29, 1.82) is 0 Å². The first kappa shape index (κ1) is 27.1. The molecule has 0 atom stereocenters. The molecule has 0 spiro atoms. The molecule has 0 radical (unpaired) electrons. The zero-order chi connectivity index (χ0) is 20.1. The Morgan fingerprint density at radius 1 is 0.556 bits per heavy atom. The molecule has 6 heteroatoms. The van der Waals surface area contributed by atoms with Crippen LogP contribution in [0.15, 0.2) is 0 Å². The van der Waals surface area contributed by atoms with E-state index in [0.29, 0.717) is 6.61 Å². The summed E-state index contributed by atoms with van der Waals surface area (Å²) < 4.78 is 20.0. The predicted molar refractivity (Wildman–Crippen MR) is 113 cm³/mol. The fourth-order valence-electron chi connectivity index (χ4n) is 3.25. The van der Waals surface area contributed by atoms with Crippen molar-refractivity contribution in [3.05, 3.63) is 0 Å². The quantitative estimate of drug-likeness (QED) is 0.153. The van der Waals surface area contributed by atoms with E-state index >= 15 is 0 Å². The smallest absolute Gasteiger partial charge is 0.379 e. The lowest BCUT2D eigenvalue weighted by Crippen LogP contribution is -2.04. The Kier molecular flexibility index (Phi) is 20.8. The van der Waals surface area contributed by atoms with E-state index in [1.54, 1.807) is 0 Å². The van der Waals surface area contributed by atoms with Gasteiger partial charge in [-0.3, -0.25) is 4.52 Å². The van der Waals surface area contributed by atoms with Crippen molar-refractivity contribution in [3.8, 4) is 0 Å². The molecule has 0 unspecified atom stereocenters. The van der Waals surface area contributed by atoms with Crippen LogP contribution in [0.1, 0.15) is 116 Å². The average Bonchev–Trinajstić information content (AvgIpc) is 2.62. The summed E-state index contributed by atoms with van der Waals surface area (Å²) in [7, 11) is -4.34. The molecule has 0 aromatic rings. The molecule has 0 fully saturated rings. The van der Waals surface area contributed by atoms with E-state index in [1.165, 1.54) is 96.3 Å². The van der Waals surface area contributed by atoms with E-state index in [1.807, 2.05) is 0 Å². The number of hydrogen-bond acceptors (Lipinski definition) is 3. The van der Waals surface area contributed by atoms with Gasteiger partial charge in [0, 0.05) is 6.61 Å². The highest BCUT2D eigenvalue weighted by Crippen LogP contribution is 2.35. The van der Waals surface area contributed by atoms with Gasteiger partial charge in [-0.2, -0.15) is 0 Å². The molecule has 0 heterocycles. The number of phosphoric acid groups is 1. The standard InChI is InChI=1S/C21H45O5P/c1-2-3-4-5-6-7-8-9-10-11-12-13-14-15-16-17-18-19-25-20-21-26-27(22,23)24/h2-21H2,1H3,(H2,22,23,24). The van der Waals surface area contributed by atoms with Gasteiger partial charge in [-0.1, -0.05) is 110 Å². The Balaban J connectivity index is 3.02. The molecule has 5 nitrogen and oxygen atoms in total. The van der Waals surface area contributed by atoms with Crippen molar-refractivity contribution in [1.82, 2.24) is 0 Å². The fourth-order valence-corrected chi connectivity index (χ4v) is 3.56. The zero-order valence-corrected chi connectivity index (χ0v) is 18.6. The van der Waals surface area contributed by atoms with Gasteiger partial charge >= 0.3 is 7.82 Å². The molecular weight excluding hydrogens is 363 g/mol. The molecule has 27 heavy (non-hydrogen) atoms. The second-order valence-corrected chi connectivity index (χ2v) is 8.83. The van der Waals surface area contributed by atoms with E-state index in [9.17, 15) is 4.57 Å². The molecule has 0 bridgehead atoms. The van der Waals surface area contributed by atoms with Crippen LogP contribution < -0.4 is 0 Å². The van der Waals surface area contributed by atoms with Crippen LogP contribution in [0.25, 0.3) is 0 Å². The second kappa shape index (κ2) is 20.8. The first-order valence-corrected chi connectivity index (χ1v) is 12.9. The average molecular weight is 409 g/mol. The highest BCUT2D eigenvalue weighted by atomic mass is 31.2. The van der Waals surface area contributed by atoms with E-state index in [0.717, 1.165) is 12.8 Å². The number of rotatable bonds is 22. The highest BCUT2D eigenvalue weighted by Gasteiger charge is 2.12. The monoisotopic (exact) mass is 408 g/mol. The van der Waals surface area contributed by atoms with Crippen LogP contribution in [0.5, 0.6) is 0 Å². The summed E-state index contributed by atoms with van der Waals surface area (Å²) in [5, 5.41) is 0. The fraction of sp³-hybridized carbons (Fsp3) is 1.00.